The zero-order valence-corrected chi connectivity index (χ0v) is 18.8. The van der Waals surface area contributed by atoms with Gasteiger partial charge in [-0.05, 0) is 31.5 Å². The highest BCUT2D eigenvalue weighted by atomic mass is 16.5. The zero-order valence-electron chi connectivity index (χ0n) is 18.8. The summed E-state index contributed by atoms with van der Waals surface area (Å²) in [5.41, 5.74) is 2.70. The van der Waals surface area contributed by atoms with Gasteiger partial charge in [0.15, 0.2) is 0 Å². The summed E-state index contributed by atoms with van der Waals surface area (Å²) >= 11 is 0. The lowest BCUT2D eigenvalue weighted by atomic mass is 9.79. The third kappa shape index (κ3) is 4.55. The molecule has 2 aliphatic heterocycles. The molecule has 1 aromatic heterocycles. The Labute approximate surface area is 192 Å². The number of hydrogen-bond donors (Lipinski definition) is 2. The second kappa shape index (κ2) is 9.60. The number of hydrogen-bond acceptors (Lipinski definition) is 6. The van der Waals surface area contributed by atoms with Crippen molar-refractivity contribution < 1.29 is 24.5 Å². The van der Waals surface area contributed by atoms with Crippen molar-refractivity contribution in [3.05, 3.63) is 71.1 Å². The molecule has 2 aromatic rings. The minimum Gasteiger partial charge on any atom is -0.478 e. The van der Waals surface area contributed by atoms with Gasteiger partial charge in [0.05, 0.1) is 36.6 Å². The summed E-state index contributed by atoms with van der Waals surface area (Å²) in [5, 5.41) is 20.3. The third-order valence-electron chi connectivity index (χ3n) is 6.38. The van der Waals surface area contributed by atoms with Crippen LogP contribution in [0.1, 0.15) is 25.3 Å². The first kappa shape index (κ1) is 22.8. The normalized spacial score (nSPS) is 18.2. The Morgan fingerprint density at radius 1 is 1.06 bits per heavy atom. The van der Waals surface area contributed by atoms with Crippen LogP contribution in [0.5, 0.6) is 0 Å². The summed E-state index contributed by atoms with van der Waals surface area (Å²) in [5.74, 6) is -3.12. The number of morpholine rings is 1. The van der Waals surface area contributed by atoms with Crippen LogP contribution in [0.25, 0.3) is 5.69 Å². The maximum Gasteiger partial charge on any atom is 0.334 e. The highest BCUT2D eigenvalue weighted by molar-refractivity contribution is 5.98. The summed E-state index contributed by atoms with van der Waals surface area (Å²) in [6, 6.07) is 7.28. The van der Waals surface area contributed by atoms with Crippen LogP contribution < -0.4 is 0 Å². The topological polar surface area (TPSA) is 108 Å². The molecule has 9 heteroatoms. The van der Waals surface area contributed by atoms with Crippen LogP contribution in [0.4, 0.5) is 0 Å². The zero-order chi connectivity index (χ0) is 23.5. The minimum absolute atomic E-state index is 0.0859. The molecular weight excluding hydrogens is 424 g/mol. The molecule has 0 saturated carbocycles. The van der Waals surface area contributed by atoms with Crippen LogP contribution in [0.15, 0.2) is 65.5 Å². The van der Waals surface area contributed by atoms with E-state index in [2.05, 4.69) is 9.88 Å². The first-order chi connectivity index (χ1) is 15.9. The highest BCUT2D eigenvalue weighted by Gasteiger charge is 2.39. The number of imidazole rings is 1. The van der Waals surface area contributed by atoms with E-state index in [4.69, 9.17) is 4.74 Å². The second-order valence-corrected chi connectivity index (χ2v) is 8.21. The lowest BCUT2D eigenvalue weighted by Gasteiger charge is -2.38. The molecule has 1 saturated heterocycles. The first-order valence-corrected chi connectivity index (χ1v) is 10.9. The molecular formula is C24H28N4O5. The number of aliphatic carboxylic acids is 2. The Bertz CT molecular complexity index is 1060. The van der Waals surface area contributed by atoms with Gasteiger partial charge >= 0.3 is 11.9 Å². The average Bonchev–Trinajstić information content (AvgIpc) is 3.34. The van der Waals surface area contributed by atoms with Crippen LogP contribution in [0.3, 0.4) is 0 Å². The van der Waals surface area contributed by atoms with E-state index in [0.717, 1.165) is 18.8 Å². The highest BCUT2D eigenvalue weighted by Crippen LogP contribution is 2.42. The number of carboxylic acids is 2. The minimum atomic E-state index is -1.12. The van der Waals surface area contributed by atoms with Crippen molar-refractivity contribution in [2.45, 2.75) is 19.8 Å². The van der Waals surface area contributed by atoms with Gasteiger partial charge in [-0.2, -0.15) is 0 Å². The number of carbonyl (C=O) groups is 2. The van der Waals surface area contributed by atoms with Crippen molar-refractivity contribution in [2.75, 3.05) is 39.4 Å². The van der Waals surface area contributed by atoms with Crippen molar-refractivity contribution in [3.63, 3.8) is 0 Å². The van der Waals surface area contributed by atoms with Crippen LogP contribution in [0.2, 0.25) is 0 Å². The van der Waals surface area contributed by atoms with Gasteiger partial charge in [0.2, 0.25) is 0 Å². The van der Waals surface area contributed by atoms with Gasteiger partial charge < -0.3 is 24.4 Å². The predicted molar refractivity (Wildman–Crippen MR) is 121 cm³/mol. The summed E-state index contributed by atoms with van der Waals surface area (Å²) < 4.78 is 7.20. The molecule has 0 atom stereocenters. The van der Waals surface area contributed by atoms with Gasteiger partial charge in [-0.15, -0.1) is 0 Å². The lowest BCUT2D eigenvalue weighted by molar-refractivity contribution is -0.133. The molecule has 0 bridgehead atoms. The number of carboxylic acid groups (broad SMARTS) is 2. The van der Waals surface area contributed by atoms with E-state index in [9.17, 15) is 19.8 Å². The molecule has 33 heavy (non-hydrogen) atoms. The average molecular weight is 453 g/mol. The maximum absolute atomic E-state index is 12.4. The number of benzene rings is 1. The predicted octanol–water partition coefficient (Wildman–Crippen LogP) is 2.32. The molecule has 0 unspecified atom stereocenters. The van der Waals surface area contributed by atoms with Crippen molar-refractivity contribution in [3.8, 4) is 5.69 Å². The summed E-state index contributed by atoms with van der Waals surface area (Å²) in [4.78, 5) is 33.0. The van der Waals surface area contributed by atoms with Crippen molar-refractivity contribution >= 4 is 11.9 Å². The van der Waals surface area contributed by atoms with Crippen molar-refractivity contribution in [1.82, 2.24) is 19.4 Å². The number of rotatable bonds is 7. The SMILES string of the molecule is CC1=C(C(=O)O)C(c2cccc(-n3ccnc3)c2)C(C(=O)O)=C(C)N1CCN1CCOCC1. The molecule has 0 amide bonds. The quantitative estimate of drug-likeness (QED) is 0.659. The first-order valence-electron chi connectivity index (χ1n) is 10.9. The molecule has 0 aliphatic carbocycles. The number of nitrogens with zero attached hydrogens (tertiary/aromatic N) is 4. The van der Waals surface area contributed by atoms with E-state index < -0.39 is 17.9 Å². The van der Waals surface area contributed by atoms with Crippen LogP contribution in [-0.4, -0.2) is 80.9 Å². The van der Waals surface area contributed by atoms with Gasteiger partial charge in [0.1, 0.15) is 0 Å². The van der Waals surface area contributed by atoms with Crippen LogP contribution >= 0.6 is 0 Å². The fourth-order valence-corrected chi connectivity index (χ4v) is 4.67. The number of ether oxygens (including phenoxy) is 1. The monoisotopic (exact) mass is 452 g/mol. The number of allylic oxidation sites excluding steroid dienone is 2. The van der Waals surface area contributed by atoms with Crippen LogP contribution in [0, 0.1) is 0 Å². The summed E-state index contributed by atoms with van der Waals surface area (Å²) in [6.45, 7) is 7.67. The van der Waals surface area contributed by atoms with Gasteiger partial charge in [0, 0.05) is 55.7 Å². The van der Waals surface area contributed by atoms with E-state index in [0.29, 0.717) is 43.3 Å². The van der Waals surface area contributed by atoms with E-state index >= 15 is 0 Å². The Kier molecular flexibility index (Phi) is 6.62. The molecule has 1 aromatic carbocycles. The molecule has 2 N–H and O–H groups in total. The van der Waals surface area contributed by atoms with Crippen molar-refractivity contribution in [2.24, 2.45) is 0 Å². The molecule has 9 nitrogen and oxygen atoms in total. The molecule has 174 valence electrons. The van der Waals surface area contributed by atoms with Crippen molar-refractivity contribution in [1.29, 1.82) is 0 Å². The summed E-state index contributed by atoms with van der Waals surface area (Å²) in [6.07, 6.45) is 5.08. The molecule has 3 heterocycles. The van der Waals surface area contributed by atoms with Gasteiger partial charge in [-0.1, -0.05) is 12.1 Å². The van der Waals surface area contributed by atoms with Gasteiger partial charge in [0.25, 0.3) is 0 Å². The Morgan fingerprint density at radius 3 is 2.30 bits per heavy atom. The van der Waals surface area contributed by atoms with Crippen LogP contribution in [-0.2, 0) is 14.3 Å². The van der Waals surface area contributed by atoms with E-state index in [1.54, 1.807) is 49.3 Å². The maximum atomic E-state index is 12.4. The van der Waals surface area contributed by atoms with Gasteiger partial charge in [-0.3, -0.25) is 4.90 Å². The lowest BCUT2D eigenvalue weighted by Crippen LogP contribution is -2.42. The third-order valence-corrected chi connectivity index (χ3v) is 6.38. The standard InChI is InChI=1S/C24H28N4O5/c1-16-20(23(29)30)22(18-4-3-5-19(14-18)27-7-6-25-15-27)21(24(31)32)17(2)28(16)9-8-26-10-12-33-13-11-26/h3-7,14-15,22H,8-13H2,1-2H3,(H,29,30)(H,31,32). The molecule has 4 rings (SSSR count). The van der Waals surface area contributed by atoms with E-state index in [-0.39, 0.29) is 11.1 Å². The van der Waals surface area contributed by atoms with E-state index in [1.807, 2.05) is 17.0 Å². The van der Waals surface area contributed by atoms with Gasteiger partial charge in [-0.25, -0.2) is 14.6 Å². The molecule has 2 aliphatic rings. The number of aromatic nitrogens is 2. The summed E-state index contributed by atoms with van der Waals surface area (Å²) in [7, 11) is 0. The smallest absolute Gasteiger partial charge is 0.334 e. The molecule has 1 fully saturated rings. The fourth-order valence-electron chi connectivity index (χ4n) is 4.67. The Balaban J connectivity index is 1.75. The largest absolute Gasteiger partial charge is 0.478 e. The second-order valence-electron chi connectivity index (χ2n) is 8.21. The molecule has 0 spiro atoms. The Morgan fingerprint density at radius 2 is 1.73 bits per heavy atom. The Hall–Kier alpha value is -3.43. The fraction of sp³-hybridized carbons (Fsp3) is 0.375. The van der Waals surface area contributed by atoms with E-state index in [1.165, 1.54) is 0 Å². The molecule has 0 radical (unpaired) electrons.